The average molecular weight is 380 g/mol. The number of benzene rings is 2. The number of H-pyrrole nitrogens is 1. The minimum Gasteiger partial charge on any atom is -0.345 e. The highest BCUT2D eigenvalue weighted by atomic mass is 32.1. The number of thiazole rings is 1. The van der Waals surface area contributed by atoms with Gasteiger partial charge in [0, 0.05) is 5.56 Å². The highest BCUT2D eigenvalue weighted by molar-refractivity contribution is 7.15. The van der Waals surface area contributed by atoms with Gasteiger partial charge in [0.2, 0.25) is 0 Å². The van der Waals surface area contributed by atoms with Gasteiger partial charge in [0.1, 0.15) is 16.3 Å². The topological polar surface area (TPSA) is 70.7 Å². The van der Waals surface area contributed by atoms with Gasteiger partial charge >= 0.3 is 0 Å². The molecule has 4 rings (SSSR count). The van der Waals surface area contributed by atoms with Crippen LogP contribution >= 0.6 is 11.3 Å². The largest absolute Gasteiger partial charge is 0.345 e. The van der Waals surface area contributed by atoms with Crippen molar-refractivity contribution >= 4 is 28.3 Å². The van der Waals surface area contributed by atoms with Crippen LogP contribution in [0.4, 0.5) is 4.39 Å². The standard InChI is InChI=1S/C20H17FN4OS/c1-11(24-19(26)15-4-3-5-16-17(15)23-10-22-16)18-12(2)25-20(27-18)13-6-8-14(21)9-7-13/h3-11H,1-2H3,(H,22,23)(H,24,26). The molecule has 0 spiro atoms. The summed E-state index contributed by atoms with van der Waals surface area (Å²) in [5.74, 6) is -0.461. The maximum atomic E-state index is 13.1. The van der Waals surface area contributed by atoms with Gasteiger partial charge in [-0.2, -0.15) is 0 Å². The Morgan fingerprint density at radius 1 is 1.22 bits per heavy atom. The predicted molar refractivity (Wildman–Crippen MR) is 104 cm³/mol. The highest BCUT2D eigenvalue weighted by Gasteiger charge is 2.19. The van der Waals surface area contributed by atoms with Crippen LogP contribution in [0.3, 0.4) is 0 Å². The molecule has 27 heavy (non-hydrogen) atoms. The molecule has 0 fully saturated rings. The Morgan fingerprint density at radius 3 is 2.78 bits per heavy atom. The van der Waals surface area contributed by atoms with Crippen molar-refractivity contribution in [2.24, 2.45) is 0 Å². The van der Waals surface area contributed by atoms with Crippen LogP contribution in [0, 0.1) is 12.7 Å². The molecule has 1 amide bonds. The lowest BCUT2D eigenvalue weighted by Crippen LogP contribution is -2.26. The van der Waals surface area contributed by atoms with Gasteiger partial charge in [0.05, 0.1) is 34.0 Å². The Hall–Kier alpha value is -3.06. The number of nitrogens with zero attached hydrogens (tertiary/aromatic N) is 2. The number of carbonyl (C=O) groups excluding carboxylic acids is 1. The van der Waals surface area contributed by atoms with E-state index in [1.807, 2.05) is 26.0 Å². The summed E-state index contributed by atoms with van der Waals surface area (Å²) in [7, 11) is 0. The summed E-state index contributed by atoms with van der Waals surface area (Å²) in [6, 6.07) is 11.5. The number of hydrogen-bond acceptors (Lipinski definition) is 4. The second-order valence-electron chi connectivity index (χ2n) is 6.27. The molecule has 1 atom stereocenters. The molecule has 7 heteroatoms. The lowest BCUT2D eigenvalue weighted by Gasteiger charge is -2.13. The molecule has 0 radical (unpaired) electrons. The van der Waals surface area contributed by atoms with E-state index in [9.17, 15) is 9.18 Å². The third-order valence-corrected chi connectivity index (χ3v) is 5.75. The molecule has 0 aliphatic heterocycles. The predicted octanol–water partition coefficient (Wildman–Crippen LogP) is 4.62. The molecular formula is C20H17FN4OS. The Bertz CT molecular complexity index is 1120. The Morgan fingerprint density at radius 2 is 2.00 bits per heavy atom. The van der Waals surface area contributed by atoms with Crippen molar-refractivity contribution in [3.63, 3.8) is 0 Å². The van der Waals surface area contributed by atoms with E-state index in [1.54, 1.807) is 24.5 Å². The fourth-order valence-electron chi connectivity index (χ4n) is 3.01. The van der Waals surface area contributed by atoms with E-state index in [1.165, 1.54) is 23.5 Å². The van der Waals surface area contributed by atoms with Crippen molar-refractivity contribution in [1.29, 1.82) is 0 Å². The summed E-state index contributed by atoms with van der Waals surface area (Å²) in [5, 5.41) is 3.83. The number of carbonyl (C=O) groups is 1. The van der Waals surface area contributed by atoms with Crippen molar-refractivity contribution in [1.82, 2.24) is 20.3 Å². The molecule has 1 unspecified atom stereocenters. The number of rotatable bonds is 4. The smallest absolute Gasteiger partial charge is 0.254 e. The SMILES string of the molecule is Cc1nc(-c2ccc(F)cc2)sc1C(C)NC(=O)c1cccc2[nH]cnc12. The van der Waals surface area contributed by atoms with Crippen molar-refractivity contribution in [3.8, 4) is 10.6 Å². The van der Waals surface area contributed by atoms with Crippen LogP contribution in [0.2, 0.25) is 0 Å². The zero-order valence-electron chi connectivity index (χ0n) is 14.8. The van der Waals surface area contributed by atoms with Gasteiger partial charge in [-0.05, 0) is 50.2 Å². The van der Waals surface area contributed by atoms with Crippen LogP contribution in [0.25, 0.3) is 21.6 Å². The summed E-state index contributed by atoms with van der Waals surface area (Å²) in [6.07, 6.45) is 1.58. The number of para-hydroxylation sites is 1. The zero-order valence-corrected chi connectivity index (χ0v) is 15.6. The summed E-state index contributed by atoms with van der Waals surface area (Å²) in [4.78, 5) is 25.5. The first-order valence-electron chi connectivity index (χ1n) is 8.49. The molecule has 2 aromatic heterocycles. The zero-order chi connectivity index (χ0) is 19.0. The first-order chi connectivity index (χ1) is 13.0. The molecule has 5 nitrogen and oxygen atoms in total. The lowest BCUT2D eigenvalue weighted by molar-refractivity contribution is 0.0942. The number of aryl methyl sites for hydroxylation is 1. The minimum atomic E-state index is -0.277. The number of aromatic amines is 1. The van der Waals surface area contributed by atoms with E-state index in [2.05, 4.69) is 20.3 Å². The number of imidazole rings is 1. The maximum Gasteiger partial charge on any atom is 0.254 e. The van der Waals surface area contributed by atoms with Crippen LogP contribution in [0.1, 0.15) is 33.9 Å². The molecule has 0 bridgehead atoms. The first kappa shape index (κ1) is 17.4. The molecule has 0 saturated heterocycles. The number of aromatic nitrogens is 3. The number of hydrogen-bond donors (Lipinski definition) is 2. The maximum absolute atomic E-state index is 13.1. The van der Waals surface area contributed by atoms with Crippen LogP contribution in [0.5, 0.6) is 0 Å². The fraction of sp³-hybridized carbons (Fsp3) is 0.150. The monoisotopic (exact) mass is 380 g/mol. The van der Waals surface area contributed by atoms with E-state index in [0.717, 1.165) is 26.7 Å². The molecule has 0 saturated carbocycles. The van der Waals surface area contributed by atoms with Crippen molar-refractivity contribution < 1.29 is 9.18 Å². The Balaban J connectivity index is 1.58. The molecule has 4 aromatic rings. The summed E-state index contributed by atoms with van der Waals surface area (Å²) in [6.45, 7) is 3.84. The van der Waals surface area contributed by atoms with Crippen LogP contribution < -0.4 is 5.32 Å². The molecule has 136 valence electrons. The van der Waals surface area contributed by atoms with Crippen molar-refractivity contribution in [2.75, 3.05) is 0 Å². The van der Waals surface area contributed by atoms with Gasteiger partial charge < -0.3 is 10.3 Å². The van der Waals surface area contributed by atoms with Gasteiger partial charge in [0.15, 0.2) is 0 Å². The van der Waals surface area contributed by atoms with E-state index >= 15 is 0 Å². The summed E-state index contributed by atoms with van der Waals surface area (Å²) < 4.78 is 13.1. The number of halogens is 1. The van der Waals surface area contributed by atoms with Crippen LogP contribution in [-0.2, 0) is 0 Å². The number of fused-ring (bicyclic) bond motifs is 1. The second-order valence-corrected chi connectivity index (χ2v) is 7.31. The summed E-state index contributed by atoms with van der Waals surface area (Å²) >= 11 is 1.50. The minimum absolute atomic E-state index is 0.184. The van der Waals surface area contributed by atoms with E-state index < -0.39 is 0 Å². The fourth-order valence-corrected chi connectivity index (χ4v) is 4.09. The summed E-state index contributed by atoms with van der Waals surface area (Å²) in [5.41, 5.74) is 3.71. The lowest BCUT2D eigenvalue weighted by atomic mass is 10.1. The Kier molecular flexibility index (Phi) is 4.45. The van der Waals surface area contributed by atoms with E-state index in [0.29, 0.717) is 11.1 Å². The van der Waals surface area contributed by atoms with Crippen LogP contribution in [0.15, 0.2) is 48.8 Å². The Labute approximate surface area is 159 Å². The normalized spacial score (nSPS) is 12.3. The first-order valence-corrected chi connectivity index (χ1v) is 9.31. The van der Waals surface area contributed by atoms with E-state index in [-0.39, 0.29) is 17.8 Å². The number of nitrogens with one attached hydrogen (secondary N) is 2. The highest BCUT2D eigenvalue weighted by Crippen LogP contribution is 2.32. The molecule has 2 N–H and O–H groups in total. The quantitative estimate of drug-likeness (QED) is 0.542. The molecule has 0 aliphatic carbocycles. The van der Waals surface area contributed by atoms with Crippen molar-refractivity contribution in [2.45, 2.75) is 19.9 Å². The van der Waals surface area contributed by atoms with E-state index in [4.69, 9.17) is 0 Å². The van der Waals surface area contributed by atoms with Gasteiger partial charge in [0.25, 0.3) is 5.91 Å². The molecular weight excluding hydrogens is 363 g/mol. The molecule has 2 heterocycles. The molecule has 2 aromatic carbocycles. The third-order valence-electron chi connectivity index (χ3n) is 4.36. The molecule has 0 aliphatic rings. The van der Waals surface area contributed by atoms with Gasteiger partial charge in [-0.1, -0.05) is 6.07 Å². The van der Waals surface area contributed by atoms with Crippen molar-refractivity contribution in [3.05, 3.63) is 70.7 Å². The third kappa shape index (κ3) is 3.33. The average Bonchev–Trinajstić information content (AvgIpc) is 3.28. The van der Waals surface area contributed by atoms with Gasteiger partial charge in [-0.3, -0.25) is 4.79 Å². The van der Waals surface area contributed by atoms with Gasteiger partial charge in [-0.15, -0.1) is 11.3 Å². The van der Waals surface area contributed by atoms with Crippen LogP contribution in [-0.4, -0.2) is 20.9 Å². The number of amides is 1. The second kappa shape index (κ2) is 6.92. The van der Waals surface area contributed by atoms with Gasteiger partial charge in [-0.25, -0.2) is 14.4 Å².